The molecule has 3 amide bonds. The SMILES string of the molecule is O=C(Nc1cccnc1)[C@H]1C[C@@]12CCN(C(=O)N1CCCC1)C2. The molecule has 0 bridgehead atoms. The first-order chi connectivity index (χ1) is 11.2. The maximum atomic E-state index is 12.5. The van der Waals surface area contributed by atoms with Gasteiger partial charge in [-0.05, 0) is 37.8 Å². The lowest BCUT2D eigenvalue weighted by atomic mass is 10.0. The fourth-order valence-corrected chi connectivity index (χ4v) is 4.00. The second kappa shape index (κ2) is 5.51. The van der Waals surface area contributed by atoms with E-state index in [-0.39, 0.29) is 23.3 Å². The number of nitrogens with one attached hydrogen (secondary N) is 1. The molecule has 122 valence electrons. The van der Waals surface area contributed by atoms with Crippen LogP contribution in [0.1, 0.15) is 25.7 Å². The van der Waals surface area contributed by atoms with Crippen molar-refractivity contribution in [1.29, 1.82) is 0 Å². The molecule has 1 N–H and O–H groups in total. The number of hydrogen-bond donors (Lipinski definition) is 1. The third-order valence-corrected chi connectivity index (χ3v) is 5.47. The molecule has 3 fully saturated rings. The Hall–Kier alpha value is -2.11. The lowest BCUT2D eigenvalue weighted by molar-refractivity contribution is -0.118. The topological polar surface area (TPSA) is 65.5 Å². The number of rotatable bonds is 2. The Balaban J connectivity index is 1.35. The zero-order valence-corrected chi connectivity index (χ0v) is 13.2. The minimum Gasteiger partial charge on any atom is -0.325 e. The smallest absolute Gasteiger partial charge is 0.320 e. The number of hydrogen-bond acceptors (Lipinski definition) is 3. The second-order valence-corrected chi connectivity index (χ2v) is 7.00. The summed E-state index contributed by atoms with van der Waals surface area (Å²) in [6.45, 7) is 3.28. The van der Waals surface area contributed by atoms with Crippen LogP contribution in [0.25, 0.3) is 0 Å². The molecule has 6 nitrogen and oxygen atoms in total. The van der Waals surface area contributed by atoms with Gasteiger partial charge in [-0.15, -0.1) is 0 Å². The highest BCUT2D eigenvalue weighted by Gasteiger charge is 2.61. The maximum absolute atomic E-state index is 12.5. The van der Waals surface area contributed by atoms with Crippen LogP contribution in [0.15, 0.2) is 24.5 Å². The Morgan fingerprint density at radius 3 is 2.78 bits per heavy atom. The van der Waals surface area contributed by atoms with E-state index in [4.69, 9.17) is 0 Å². The Labute approximate surface area is 135 Å². The van der Waals surface area contributed by atoms with E-state index in [1.54, 1.807) is 12.4 Å². The Morgan fingerprint density at radius 2 is 2.04 bits per heavy atom. The predicted octanol–water partition coefficient (Wildman–Crippen LogP) is 1.95. The fraction of sp³-hybridized carbons (Fsp3) is 0.588. The number of amides is 3. The summed E-state index contributed by atoms with van der Waals surface area (Å²) in [6, 6.07) is 3.82. The van der Waals surface area contributed by atoms with Gasteiger partial charge >= 0.3 is 6.03 Å². The average Bonchev–Trinajstić information content (AvgIpc) is 2.94. The first-order valence-electron chi connectivity index (χ1n) is 8.43. The predicted molar refractivity (Wildman–Crippen MR) is 85.8 cm³/mol. The zero-order chi connectivity index (χ0) is 15.9. The van der Waals surface area contributed by atoms with Crippen molar-refractivity contribution in [3.05, 3.63) is 24.5 Å². The Morgan fingerprint density at radius 1 is 1.22 bits per heavy atom. The maximum Gasteiger partial charge on any atom is 0.320 e. The molecule has 3 aliphatic rings. The van der Waals surface area contributed by atoms with E-state index in [1.165, 1.54) is 0 Å². The van der Waals surface area contributed by atoms with Gasteiger partial charge in [-0.1, -0.05) is 0 Å². The van der Waals surface area contributed by atoms with Crippen molar-refractivity contribution in [1.82, 2.24) is 14.8 Å². The summed E-state index contributed by atoms with van der Waals surface area (Å²) in [6.07, 6.45) is 7.40. The quantitative estimate of drug-likeness (QED) is 0.907. The highest BCUT2D eigenvalue weighted by atomic mass is 16.2. The van der Waals surface area contributed by atoms with Gasteiger partial charge in [-0.3, -0.25) is 9.78 Å². The van der Waals surface area contributed by atoms with Crippen molar-refractivity contribution in [2.45, 2.75) is 25.7 Å². The van der Waals surface area contributed by atoms with E-state index in [0.29, 0.717) is 0 Å². The summed E-state index contributed by atoms with van der Waals surface area (Å²) >= 11 is 0. The van der Waals surface area contributed by atoms with Gasteiger partial charge in [-0.25, -0.2) is 4.79 Å². The second-order valence-electron chi connectivity index (χ2n) is 7.00. The van der Waals surface area contributed by atoms with E-state index >= 15 is 0 Å². The lowest BCUT2D eigenvalue weighted by Gasteiger charge is -2.24. The van der Waals surface area contributed by atoms with E-state index in [2.05, 4.69) is 10.3 Å². The Kier molecular flexibility index (Phi) is 3.47. The summed E-state index contributed by atoms with van der Waals surface area (Å²) in [7, 11) is 0. The fourth-order valence-electron chi connectivity index (χ4n) is 4.00. The molecular weight excluding hydrogens is 292 g/mol. The largest absolute Gasteiger partial charge is 0.325 e. The van der Waals surface area contributed by atoms with Gasteiger partial charge in [0.25, 0.3) is 0 Å². The van der Waals surface area contributed by atoms with E-state index in [9.17, 15) is 9.59 Å². The van der Waals surface area contributed by atoms with Crippen LogP contribution in [0, 0.1) is 11.3 Å². The standard InChI is InChI=1S/C17H22N4O2/c22-15(19-13-4-3-6-18-11-13)14-10-17(14)5-9-21(12-17)16(23)20-7-1-2-8-20/h3-4,6,11,14H,1-2,5,7-10,12H2,(H,19,22)/t14-,17-/m1/s1. The molecule has 1 aromatic heterocycles. The molecule has 2 atom stereocenters. The number of pyridine rings is 1. The van der Waals surface area contributed by atoms with Crippen molar-refractivity contribution in [3.63, 3.8) is 0 Å². The highest BCUT2D eigenvalue weighted by molar-refractivity contribution is 5.95. The lowest BCUT2D eigenvalue weighted by Crippen LogP contribution is -2.40. The number of aromatic nitrogens is 1. The molecule has 0 unspecified atom stereocenters. The van der Waals surface area contributed by atoms with Crippen LogP contribution >= 0.6 is 0 Å². The normalized spacial score (nSPS) is 29.1. The van der Waals surface area contributed by atoms with Gasteiger partial charge in [0.1, 0.15) is 0 Å². The summed E-state index contributed by atoms with van der Waals surface area (Å²) in [5.74, 6) is 0.0903. The van der Waals surface area contributed by atoms with Crippen molar-refractivity contribution in [3.8, 4) is 0 Å². The number of nitrogens with zero attached hydrogens (tertiary/aromatic N) is 3. The van der Waals surface area contributed by atoms with Crippen LogP contribution in [0.2, 0.25) is 0 Å². The number of carbonyl (C=O) groups is 2. The molecule has 2 saturated heterocycles. The van der Waals surface area contributed by atoms with Crippen LogP contribution in [-0.2, 0) is 4.79 Å². The minimum absolute atomic E-state index is 0.0156. The minimum atomic E-state index is 0.0156. The van der Waals surface area contributed by atoms with Crippen molar-refractivity contribution < 1.29 is 9.59 Å². The molecule has 1 spiro atoms. The molecule has 1 aliphatic carbocycles. The van der Waals surface area contributed by atoms with Gasteiger partial charge in [-0.2, -0.15) is 0 Å². The van der Waals surface area contributed by atoms with Crippen molar-refractivity contribution in [2.24, 2.45) is 11.3 Å². The summed E-state index contributed by atoms with van der Waals surface area (Å²) in [5, 5.41) is 2.94. The van der Waals surface area contributed by atoms with E-state index in [1.807, 2.05) is 21.9 Å². The van der Waals surface area contributed by atoms with Gasteiger partial charge in [0.05, 0.1) is 11.9 Å². The molecular formula is C17H22N4O2. The molecule has 23 heavy (non-hydrogen) atoms. The van der Waals surface area contributed by atoms with Crippen LogP contribution in [0.3, 0.4) is 0 Å². The molecule has 1 aromatic rings. The van der Waals surface area contributed by atoms with Gasteiger partial charge < -0.3 is 15.1 Å². The third-order valence-electron chi connectivity index (χ3n) is 5.47. The first kappa shape index (κ1) is 14.5. The van der Waals surface area contributed by atoms with E-state index < -0.39 is 0 Å². The zero-order valence-electron chi connectivity index (χ0n) is 13.2. The molecule has 3 heterocycles. The molecule has 4 rings (SSSR count). The molecule has 1 saturated carbocycles. The summed E-state index contributed by atoms with van der Waals surface area (Å²) < 4.78 is 0. The van der Waals surface area contributed by atoms with Crippen LogP contribution < -0.4 is 5.32 Å². The number of urea groups is 1. The summed E-state index contributed by atoms with van der Waals surface area (Å²) in [4.78, 5) is 32.8. The van der Waals surface area contributed by atoms with Crippen LogP contribution in [0.5, 0.6) is 0 Å². The molecule has 0 radical (unpaired) electrons. The van der Waals surface area contributed by atoms with Gasteiger partial charge in [0.2, 0.25) is 5.91 Å². The molecule has 6 heteroatoms. The number of anilines is 1. The highest BCUT2D eigenvalue weighted by Crippen LogP contribution is 2.58. The van der Waals surface area contributed by atoms with Crippen LogP contribution in [0.4, 0.5) is 10.5 Å². The number of likely N-dealkylation sites (tertiary alicyclic amines) is 2. The first-order valence-corrected chi connectivity index (χ1v) is 8.43. The molecule has 2 aliphatic heterocycles. The number of carbonyl (C=O) groups excluding carboxylic acids is 2. The van der Waals surface area contributed by atoms with Gasteiger partial charge in [0, 0.05) is 43.7 Å². The molecule has 0 aromatic carbocycles. The Bertz CT molecular complexity index is 614. The average molecular weight is 314 g/mol. The summed E-state index contributed by atoms with van der Waals surface area (Å²) in [5.41, 5.74) is 0.754. The van der Waals surface area contributed by atoms with Crippen molar-refractivity contribution in [2.75, 3.05) is 31.5 Å². The third kappa shape index (κ3) is 2.66. The van der Waals surface area contributed by atoms with E-state index in [0.717, 1.165) is 57.5 Å². The van der Waals surface area contributed by atoms with Crippen LogP contribution in [-0.4, -0.2) is 52.9 Å². The van der Waals surface area contributed by atoms with Gasteiger partial charge in [0.15, 0.2) is 0 Å². The monoisotopic (exact) mass is 314 g/mol. The van der Waals surface area contributed by atoms with Crippen molar-refractivity contribution >= 4 is 17.6 Å².